The molecule has 0 saturated heterocycles. The fraction of sp³-hybridized carbons (Fsp3) is 0.467. The van der Waals surface area contributed by atoms with Crippen LogP contribution in [0.1, 0.15) is 37.3 Å². The van der Waals surface area contributed by atoms with Crippen LogP contribution in [0.15, 0.2) is 35.2 Å². The van der Waals surface area contributed by atoms with Crippen LogP contribution in [-0.4, -0.2) is 23.6 Å². The molecule has 1 N–H and O–H groups in total. The van der Waals surface area contributed by atoms with Gasteiger partial charge in [-0.15, -0.1) is 0 Å². The molecule has 5 heteroatoms. The highest BCUT2D eigenvalue weighted by molar-refractivity contribution is 5.21. The summed E-state index contributed by atoms with van der Waals surface area (Å²) in [4.78, 5) is 8.65. The maximum atomic E-state index is 5.39. The van der Waals surface area contributed by atoms with E-state index >= 15 is 0 Å². The highest BCUT2D eigenvalue weighted by atomic mass is 16.5. The van der Waals surface area contributed by atoms with Gasteiger partial charge < -0.3 is 14.5 Å². The predicted molar refractivity (Wildman–Crippen MR) is 76.6 cm³/mol. The Morgan fingerprint density at radius 1 is 1.35 bits per heavy atom. The fourth-order valence-corrected chi connectivity index (χ4v) is 2.13. The van der Waals surface area contributed by atoms with Gasteiger partial charge in [-0.3, -0.25) is 4.98 Å². The van der Waals surface area contributed by atoms with Gasteiger partial charge in [0.2, 0.25) is 5.88 Å². The number of nitrogens with zero attached hydrogens (tertiary/aromatic N) is 2. The van der Waals surface area contributed by atoms with Crippen molar-refractivity contribution < 1.29 is 9.15 Å². The van der Waals surface area contributed by atoms with E-state index in [9.17, 15) is 0 Å². The summed E-state index contributed by atoms with van der Waals surface area (Å²) < 4.78 is 10.7. The van der Waals surface area contributed by atoms with E-state index in [0.717, 1.165) is 37.3 Å². The number of nitrogens with one attached hydrogen (secondary N) is 1. The molecule has 0 spiro atoms. The number of rotatable bonds is 8. The van der Waals surface area contributed by atoms with E-state index < -0.39 is 0 Å². The standard InChI is InChI=1S/C15H21N3O2/c1-3-8-16-13(7-6-12-5-4-11-20-12)14-15(19-2)18-10-9-17-14/h4-5,9-11,13,16H,3,6-8H2,1-2H3. The summed E-state index contributed by atoms with van der Waals surface area (Å²) >= 11 is 0. The van der Waals surface area contributed by atoms with Gasteiger partial charge in [-0.05, 0) is 31.5 Å². The first-order valence-corrected chi connectivity index (χ1v) is 6.95. The average Bonchev–Trinajstić information content (AvgIpc) is 3.01. The molecule has 2 aromatic rings. The number of ether oxygens (including phenoxy) is 1. The lowest BCUT2D eigenvalue weighted by Crippen LogP contribution is -2.24. The monoisotopic (exact) mass is 275 g/mol. The molecule has 2 rings (SSSR count). The summed E-state index contributed by atoms with van der Waals surface area (Å²) in [6, 6.07) is 4.01. The Labute approximate surface area is 119 Å². The minimum Gasteiger partial charge on any atom is -0.480 e. The van der Waals surface area contributed by atoms with Gasteiger partial charge in [-0.2, -0.15) is 0 Å². The molecule has 2 heterocycles. The van der Waals surface area contributed by atoms with Crippen molar-refractivity contribution in [3.63, 3.8) is 0 Å². The first-order chi connectivity index (χ1) is 9.85. The van der Waals surface area contributed by atoms with Crippen molar-refractivity contribution in [1.82, 2.24) is 15.3 Å². The largest absolute Gasteiger partial charge is 0.480 e. The third kappa shape index (κ3) is 3.81. The summed E-state index contributed by atoms with van der Waals surface area (Å²) in [5.74, 6) is 1.57. The Hall–Kier alpha value is -1.88. The van der Waals surface area contributed by atoms with Crippen LogP contribution in [-0.2, 0) is 6.42 Å². The third-order valence-corrected chi connectivity index (χ3v) is 3.11. The van der Waals surface area contributed by atoms with Gasteiger partial charge in [0.1, 0.15) is 11.5 Å². The fourth-order valence-electron chi connectivity index (χ4n) is 2.13. The number of aromatic nitrogens is 2. The second-order valence-electron chi connectivity index (χ2n) is 4.58. The van der Waals surface area contributed by atoms with Crippen LogP contribution < -0.4 is 10.1 Å². The molecule has 0 bridgehead atoms. The second kappa shape index (κ2) is 7.65. The molecular weight excluding hydrogens is 254 g/mol. The molecule has 1 unspecified atom stereocenters. The highest BCUT2D eigenvalue weighted by Crippen LogP contribution is 2.24. The van der Waals surface area contributed by atoms with Crippen molar-refractivity contribution in [1.29, 1.82) is 0 Å². The molecule has 108 valence electrons. The van der Waals surface area contributed by atoms with Crippen molar-refractivity contribution in [3.8, 4) is 5.88 Å². The number of aryl methyl sites for hydroxylation is 1. The molecular formula is C15H21N3O2. The summed E-state index contributed by atoms with van der Waals surface area (Å²) in [7, 11) is 1.62. The lowest BCUT2D eigenvalue weighted by Gasteiger charge is -2.18. The van der Waals surface area contributed by atoms with Crippen LogP contribution in [0.25, 0.3) is 0 Å². The molecule has 1 atom stereocenters. The SMILES string of the molecule is CCCNC(CCc1ccco1)c1nccnc1OC. The Morgan fingerprint density at radius 3 is 2.90 bits per heavy atom. The molecule has 0 aliphatic rings. The minimum absolute atomic E-state index is 0.115. The van der Waals surface area contributed by atoms with E-state index in [1.54, 1.807) is 25.8 Å². The highest BCUT2D eigenvalue weighted by Gasteiger charge is 2.18. The van der Waals surface area contributed by atoms with Gasteiger partial charge >= 0.3 is 0 Å². The number of methoxy groups -OCH3 is 1. The molecule has 0 fully saturated rings. The summed E-state index contributed by atoms with van der Waals surface area (Å²) in [6.07, 6.45) is 7.86. The predicted octanol–water partition coefficient (Wildman–Crippen LogP) is 2.75. The number of hydrogen-bond donors (Lipinski definition) is 1. The maximum absolute atomic E-state index is 5.39. The van der Waals surface area contributed by atoms with Gasteiger partial charge in [-0.1, -0.05) is 6.92 Å². The van der Waals surface area contributed by atoms with Crippen molar-refractivity contribution >= 4 is 0 Å². The van der Waals surface area contributed by atoms with E-state index in [1.807, 2.05) is 12.1 Å². The first-order valence-electron chi connectivity index (χ1n) is 6.95. The Kier molecular flexibility index (Phi) is 5.55. The average molecular weight is 275 g/mol. The topological polar surface area (TPSA) is 60.2 Å². The van der Waals surface area contributed by atoms with E-state index in [1.165, 1.54) is 0 Å². The Bertz CT molecular complexity index is 500. The summed E-state index contributed by atoms with van der Waals surface area (Å²) in [5.41, 5.74) is 0.856. The van der Waals surface area contributed by atoms with E-state index in [0.29, 0.717) is 5.88 Å². The Balaban J connectivity index is 2.09. The lowest BCUT2D eigenvalue weighted by atomic mass is 10.1. The van der Waals surface area contributed by atoms with Gasteiger partial charge in [0.25, 0.3) is 0 Å². The summed E-state index contributed by atoms with van der Waals surface area (Å²) in [6.45, 7) is 3.08. The van der Waals surface area contributed by atoms with E-state index in [-0.39, 0.29) is 6.04 Å². The van der Waals surface area contributed by atoms with Crippen LogP contribution in [0.2, 0.25) is 0 Å². The molecule has 0 radical (unpaired) electrons. The zero-order valence-electron chi connectivity index (χ0n) is 12.0. The van der Waals surface area contributed by atoms with Crippen molar-refractivity contribution in [2.75, 3.05) is 13.7 Å². The normalized spacial score (nSPS) is 12.3. The first kappa shape index (κ1) is 14.5. The van der Waals surface area contributed by atoms with E-state index in [2.05, 4.69) is 22.2 Å². The Morgan fingerprint density at radius 2 is 2.20 bits per heavy atom. The van der Waals surface area contributed by atoms with Crippen molar-refractivity contribution in [2.24, 2.45) is 0 Å². The number of furan rings is 1. The zero-order valence-corrected chi connectivity index (χ0v) is 12.0. The number of hydrogen-bond acceptors (Lipinski definition) is 5. The van der Waals surface area contributed by atoms with Crippen LogP contribution in [0.5, 0.6) is 5.88 Å². The molecule has 0 amide bonds. The molecule has 5 nitrogen and oxygen atoms in total. The zero-order chi connectivity index (χ0) is 14.2. The van der Waals surface area contributed by atoms with Crippen LogP contribution >= 0.6 is 0 Å². The van der Waals surface area contributed by atoms with Crippen molar-refractivity contribution in [2.45, 2.75) is 32.2 Å². The van der Waals surface area contributed by atoms with Crippen LogP contribution in [0.3, 0.4) is 0 Å². The van der Waals surface area contributed by atoms with Gasteiger partial charge in [0.15, 0.2) is 0 Å². The van der Waals surface area contributed by atoms with Gasteiger partial charge in [-0.25, -0.2) is 4.98 Å². The lowest BCUT2D eigenvalue weighted by molar-refractivity contribution is 0.370. The molecule has 0 aliphatic carbocycles. The smallest absolute Gasteiger partial charge is 0.236 e. The van der Waals surface area contributed by atoms with Crippen LogP contribution in [0.4, 0.5) is 0 Å². The third-order valence-electron chi connectivity index (χ3n) is 3.11. The minimum atomic E-state index is 0.115. The van der Waals surface area contributed by atoms with Crippen LogP contribution in [0, 0.1) is 0 Å². The molecule has 20 heavy (non-hydrogen) atoms. The second-order valence-corrected chi connectivity index (χ2v) is 4.58. The molecule has 0 aliphatic heterocycles. The quantitative estimate of drug-likeness (QED) is 0.802. The molecule has 2 aromatic heterocycles. The van der Waals surface area contributed by atoms with E-state index in [4.69, 9.17) is 9.15 Å². The van der Waals surface area contributed by atoms with Gasteiger partial charge in [0.05, 0.1) is 19.4 Å². The summed E-state index contributed by atoms with van der Waals surface area (Å²) in [5, 5.41) is 3.50. The van der Waals surface area contributed by atoms with Gasteiger partial charge in [0, 0.05) is 18.8 Å². The maximum Gasteiger partial charge on any atom is 0.236 e. The molecule has 0 saturated carbocycles. The molecule has 0 aromatic carbocycles. The van der Waals surface area contributed by atoms with Crippen molar-refractivity contribution in [3.05, 3.63) is 42.2 Å².